The predicted molar refractivity (Wildman–Crippen MR) is 66.4 cm³/mol. The molecule has 1 aromatic rings. The van der Waals surface area contributed by atoms with Crippen LogP contribution in [0.1, 0.15) is 31.7 Å². The zero-order valence-electron chi connectivity index (χ0n) is 9.60. The van der Waals surface area contributed by atoms with Crippen LogP contribution in [0.3, 0.4) is 0 Å². The molecule has 1 heterocycles. The van der Waals surface area contributed by atoms with E-state index in [0.717, 1.165) is 22.8 Å². The summed E-state index contributed by atoms with van der Waals surface area (Å²) in [6.07, 6.45) is 2.26. The highest BCUT2D eigenvalue weighted by atomic mass is 32.2. The van der Waals surface area contributed by atoms with Crippen LogP contribution < -0.4 is 11.3 Å². The Morgan fingerprint density at radius 2 is 2.25 bits per heavy atom. The standard InChI is InChI=1S/C10H18N4OS/c1-7(2)8-9(14-11)12-6-13-10(8)16-5-3-4-15/h6-7,15H,3-5,11H2,1-2H3,(H,12,13,14). The van der Waals surface area contributed by atoms with Crippen LogP contribution in [0.25, 0.3) is 0 Å². The third-order valence-corrected chi connectivity index (χ3v) is 3.19. The first kappa shape index (κ1) is 13.2. The molecule has 4 N–H and O–H groups in total. The number of aliphatic hydroxyl groups is 1. The van der Waals surface area contributed by atoms with Crippen molar-refractivity contribution in [2.45, 2.75) is 31.2 Å². The van der Waals surface area contributed by atoms with Gasteiger partial charge in [-0.1, -0.05) is 13.8 Å². The second-order valence-corrected chi connectivity index (χ2v) is 4.75. The second kappa shape index (κ2) is 6.67. The van der Waals surface area contributed by atoms with Gasteiger partial charge in [0.2, 0.25) is 0 Å². The van der Waals surface area contributed by atoms with Gasteiger partial charge in [0, 0.05) is 17.9 Å². The molecule has 1 rings (SSSR count). The minimum atomic E-state index is 0.205. The Morgan fingerprint density at radius 3 is 2.81 bits per heavy atom. The van der Waals surface area contributed by atoms with E-state index in [9.17, 15) is 0 Å². The Hall–Kier alpha value is -0.850. The zero-order chi connectivity index (χ0) is 12.0. The Labute approximate surface area is 99.8 Å². The molecular formula is C10H18N4OS. The maximum atomic E-state index is 8.75. The van der Waals surface area contributed by atoms with Gasteiger partial charge in [-0.25, -0.2) is 15.8 Å². The van der Waals surface area contributed by atoms with E-state index in [-0.39, 0.29) is 6.61 Å². The monoisotopic (exact) mass is 242 g/mol. The molecule has 0 spiro atoms. The van der Waals surface area contributed by atoms with E-state index < -0.39 is 0 Å². The summed E-state index contributed by atoms with van der Waals surface area (Å²) in [5.74, 6) is 7.25. The number of thioether (sulfide) groups is 1. The van der Waals surface area contributed by atoms with Crippen molar-refractivity contribution in [1.29, 1.82) is 0 Å². The normalized spacial score (nSPS) is 10.8. The van der Waals surface area contributed by atoms with E-state index in [2.05, 4.69) is 29.2 Å². The van der Waals surface area contributed by atoms with Gasteiger partial charge < -0.3 is 10.5 Å². The molecule has 0 radical (unpaired) electrons. The fourth-order valence-electron chi connectivity index (χ4n) is 1.36. The quantitative estimate of drug-likeness (QED) is 0.230. The molecule has 1 aromatic heterocycles. The number of nitrogens with one attached hydrogen (secondary N) is 1. The number of rotatable bonds is 6. The van der Waals surface area contributed by atoms with Crippen LogP contribution in [-0.4, -0.2) is 27.4 Å². The number of aliphatic hydroxyl groups excluding tert-OH is 1. The molecule has 0 aliphatic carbocycles. The van der Waals surface area contributed by atoms with Crippen LogP contribution >= 0.6 is 11.8 Å². The van der Waals surface area contributed by atoms with Crippen molar-refractivity contribution in [2.24, 2.45) is 5.84 Å². The summed E-state index contributed by atoms with van der Waals surface area (Å²) in [5, 5.41) is 9.68. The lowest BCUT2D eigenvalue weighted by molar-refractivity contribution is 0.296. The van der Waals surface area contributed by atoms with Crippen molar-refractivity contribution in [3.63, 3.8) is 0 Å². The molecule has 0 saturated carbocycles. The Morgan fingerprint density at radius 1 is 1.50 bits per heavy atom. The maximum Gasteiger partial charge on any atom is 0.147 e. The summed E-state index contributed by atoms with van der Waals surface area (Å²) in [6.45, 7) is 4.36. The number of nitrogens with zero attached hydrogens (tertiary/aromatic N) is 2. The minimum Gasteiger partial charge on any atom is -0.396 e. The third kappa shape index (κ3) is 3.33. The van der Waals surface area contributed by atoms with Gasteiger partial charge in [0.15, 0.2) is 0 Å². The number of nitrogen functional groups attached to an aromatic ring is 1. The third-order valence-electron chi connectivity index (χ3n) is 2.10. The number of hydrogen-bond acceptors (Lipinski definition) is 6. The Kier molecular flexibility index (Phi) is 5.51. The molecule has 0 aromatic carbocycles. The highest BCUT2D eigenvalue weighted by molar-refractivity contribution is 7.99. The van der Waals surface area contributed by atoms with E-state index in [1.807, 2.05) is 0 Å². The summed E-state index contributed by atoms with van der Waals surface area (Å²) < 4.78 is 0. The largest absolute Gasteiger partial charge is 0.396 e. The molecule has 0 amide bonds. The average Bonchev–Trinajstić information content (AvgIpc) is 2.28. The SMILES string of the molecule is CC(C)c1c(NN)ncnc1SCCCO. The highest BCUT2D eigenvalue weighted by Crippen LogP contribution is 2.30. The average molecular weight is 242 g/mol. The predicted octanol–water partition coefficient (Wildman–Crippen LogP) is 1.36. The van der Waals surface area contributed by atoms with Crippen molar-refractivity contribution in [1.82, 2.24) is 9.97 Å². The highest BCUT2D eigenvalue weighted by Gasteiger charge is 2.14. The first-order valence-electron chi connectivity index (χ1n) is 5.25. The van der Waals surface area contributed by atoms with Gasteiger partial charge in [-0.05, 0) is 12.3 Å². The van der Waals surface area contributed by atoms with Crippen molar-refractivity contribution in [2.75, 3.05) is 17.8 Å². The van der Waals surface area contributed by atoms with Crippen LogP contribution in [0, 0.1) is 0 Å². The molecular weight excluding hydrogens is 224 g/mol. The van der Waals surface area contributed by atoms with E-state index >= 15 is 0 Å². The first-order valence-corrected chi connectivity index (χ1v) is 6.24. The van der Waals surface area contributed by atoms with Gasteiger partial charge in [0.1, 0.15) is 17.2 Å². The molecule has 0 atom stereocenters. The van der Waals surface area contributed by atoms with Gasteiger partial charge in [-0.3, -0.25) is 0 Å². The van der Waals surface area contributed by atoms with E-state index in [4.69, 9.17) is 10.9 Å². The summed E-state index contributed by atoms with van der Waals surface area (Å²) in [5.41, 5.74) is 3.63. The Balaban J connectivity index is 2.89. The lowest BCUT2D eigenvalue weighted by atomic mass is 10.1. The molecule has 0 fully saturated rings. The molecule has 0 bridgehead atoms. The number of anilines is 1. The van der Waals surface area contributed by atoms with Gasteiger partial charge in [0.25, 0.3) is 0 Å². The number of aromatic nitrogens is 2. The first-order chi connectivity index (χ1) is 7.70. The lowest BCUT2D eigenvalue weighted by Gasteiger charge is -2.14. The molecule has 0 unspecified atom stereocenters. The van der Waals surface area contributed by atoms with Crippen molar-refractivity contribution >= 4 is 17.6 Å². The topological polar surface area (TPSA) is 84.1 Å². The van der Waals surface area contributed by atoms with Crippen LogP contribution in [0.2, 0.25) is 0 Å². The summed E-state index contributed by atoms with van der Waals surface area (Å²) in [4.78, 5) is 8.35. The van der Waals surface area contributed by atoms with E-state index in [1.165, 1.54) is 6.33 Å². The van der Waals surface area contributed by atoms with Crippen LogP contribution in [0.15, 0.2) is 11.4 Å². The van der Waals surface area contributed by atoms with Crippen LogP contribution in [-0.2, 0) is 0 Å². The zero-order valence-corrected chi connectivity index (χ0v) is 10.4. The summed E-state index contributed by atoms with van der Waals surface area (Å²) in [7, 11) is 0. The fourth-order valence-corrected chi connectivity index (χ4v) is 2.44. The van der Waals surface area contributed by atoms with Crippen molar-refractivity contribution in [3.05, 3.63) is 11.9 Å². The van der Waals surface area contributed by atoms with Crippen molar-refractivity contribution < 1.29 is 5.11 Å². The van der Waals surface area contributed by atoms with Crippen LogP contribution in [0.4, 0.5) is 5.82 Å². The van der Waals surface area contributed by atoms with Crippen LogP contribution in [0.5, 0.6) is 0 Å². The lowest BCUT2D eigenvalue weighted by Crippen LogP contribution is -2.13. The molecule has 0 saturated heterocycles. The molecule has 5 nitrogen and oxygen atoms in total. The fraction of sp³-hybridized carbons (Fsp3) is 0.600. The number of hydrogen-bond donors (Lipinski definition) is 3. The molecule has 6 heteroatoms. The number of nitrogens with two attached hydrogens (primary N) is 1. The van der Waals surface area contributed by atoms with E-state index in [1.54, 1.807) is 11.8 Å². The molecule has 16 heavy (non-hydrogen) atoms. The van der Waals surface area contributed by atoms with Gasteiger partial charge in [0.05, 0.1) is 0 Å². The van der Waals surface area contributed by atoms with E-state index in [0.29, 0.717) is 11.7 Å². The minimum absolute atomic E-state index is 0.205. The molecule has 0 aliphatic heterocycles. The summed E-state index contributed by atoms with van der Waals surface area (Å²) >= 11 is 1.62. The maximum absolute atomic E-state index is 8.75. The van der Waals surface area contributed by atoms with Gasteiger partial charge >= 0.3 is 0 Å². The molecule has 90 valence electrons. The molecule has 0 aliphatic rings. The van der Waals surface area contributed by atoms with Gasteiger partial charge in [-0.15, -0.1) is 11.8 Å². The number of hydrazine groups is 1. The Bertz CT molecular complexity index is 333. The smallest absolute Gasteiger partial charge is 0.147 e. The van der Waals surface area contributed by atoms with Gasteiger partial charge in [-0.2, -0.15) is 0 Å². The summed E-state index contributed by atoms with van der Waals surface area (Å²) in [6, 6.07) is 0. The van der Waals surface area contributed by atoms with Crippen molar-refractivity contribution in [3.8, 4) is 0 Å². The second-order valence-electron chi connectivity index (χ2n) is 3.67.